The van der Waals surface area contributed by atoms with E-state index >= 15 is 0 Å². The largest absolute Gasteiger partial charge is 0.393 e. The predicted molar refractivity (Wildman–Crippen MR) is 72.8 cm³/mol. The number of nitrogens with zero attached hydrogens (tertiary/aromatic N) is 1. The summed E-state index contributed by atoms with van der Waals surface area (Å²) in [5.74, 6) is 0. The fourth-order valence-corrected chi connectivity index (χ4v) is 2.53. The highest BCUT2D eigenvalue weighted by Crippen LogP contribution is 2.18. The monoisotopic (exact) mass is 238 g/mol. The van der Waals surface area contributed by atoms with Crippen LogP contribution in [0.2, 0.25) is 0 Å². The first-order valence-corrected chi connectivity index (χ1v) is 6.53. The normalized spacial score (nSPS) is 22.6. The van der Waals surface area contributed by atoms with E-state index in [-0.39, 0.29) is 6.10 Å². The second kappa shape index (κ2) is 6.82. The zero-order valence-corrected chi connectivity index (χ0v) is 11.5. The van der Waals surface area contributed by atoms with Crippen LogP contribution in [0.4, 0.5) is 0 Å². The van der Waals surface area contributed by atoms with E-state index in [0.717, 1.165) is 25.9 Å². The molecule has 2 N–H and O–H groups in total. The zero-order valence-electron chi connectivity index (χ0n) is 11.5. The summed E-state index contributed by atoms with van der Waals surface area (Å²) in [7, 11) is 1.98. The van der Waals surface area contributed by atoms with Gasteiger partial charge in [0, 0.05) is 31.9 Å². The van der Waals surface area contributed by atoms with Crippen molar-refractivity contribution in [2.24, 2.45) is 0 Å². The first-order valence-electron chi connectivity index (χ1n) is 6.53. The lowest BCUT2D eigenvalue weighted by atomic mass is 10.0. The molecule has 1 saturated heterocycles. The lowest BCUT2D eigenvalue weighted by molar-refractivity contribution is 0.0705. The summed E-state index contributed by atoms with van der Waals surface area (Å²) in [4.78, 5) is 2.44. The summed E-state index contributed by atoms with van der Waals surface area (Å²) in [6.45, 7) is 8.38. The molecule has 0 amide bonds. The van der Waals surface area contributed by atoms with Crippen LogP contribution in [0.1, 0.15) is 33.6 Å². The molecule has 0 radical (unpaired) electrons. The van der Waals surface area contributed by atoms with Crippen LogP contribution in [0.15, 0.2) is 23.4 Å². The second-order valence-corrected chi connectivity index (χ2v) is 4.79. The van der Waals surface area contributed by atoms with E-state index in [0.29, 0.717) is 6.04 Å². The Balaban J connectivity index is 2.72. The van der Waals surface area contributed by atoms with Gasteiger partial charge in [0.15, 0.2) is 0 Å². The molecule has 1 aliphatic rings. The molecule has 1 aliphatic heterocycles. The van der Waals surface area contributed by atoms with Crippen molar-refractivity contribution in [3.63, 3.8) is 0 Å². The summed E-state index contributed by atoms with van der Waals surface area (Å²) in [6, 6.07) is 0.392. The minimum Gasteiger partial charge on any atom is -0.393 e. The Labute approximate surface area is 105 Å². The molecule has 17 heavy (non-hydrogen) atoms. The lowest BCUT2D eigenvalue weighted by Crippen LogP contribution is -2.44. The third kappa shape index (κ3) is 3.86. The van der Waals surface area contributed by atoms with Gasteiger partial charge in [0.1, 0.15) is 0 Å². The Morgan fingerprint density at radius 2 is 2.00 bits per heavy atom. The lowest BCUT2D eigenvalue weighted by Gasteiger charge is -2.36. The van der Waals surface area contributed by atoms with Crippen LogP contribution in [0.3, 0.4) is 0 Å². The fraction of sp³-hybridized carbons (Fsp3) is 0.714. The Hall–Kier alpha value is -0.800. The van der Waals surface area contributed by atoms with Crippen molar-refractivity contribution >= 4 is 0 Å². The van der Waals surface area contributed by atoms with E-state index in [2.05, 4.69) is 36.2 Å². The molecular formula is C14H26N2O. The Bertz CT molecular complexity index is 289. The number of aliphatic hydroxyl groups is 1. The molecule has 0 aromatic rings. The van der Waals surface area contributed by atoms with Crippen molar-refractivity contribution in [1.82, 2.24) is 10.2 Å². The number of aliphatic hydroxyl groups excluding tert-OH is 1. The SMILES string of the molecule is C/C=C\C(C)=C(/NC)C(C)N1CCC(O)CC1. The van der Waals surface area contributed by atoms with Gasteiger partial charge in [-0.05, 0) is 39.2 Å². The van der Waals surface area contributed by atoms with Gasteiger partial charge in [-0.15, -0.1) is 0 Å². The third-order valence-corrected chi connectivity index (χ3v) is 3.58. The highest BCUT2D eigenvalue weighted by molar-refractivity contribution is 5.25. The van der Waals surface area contributed by atoms with Crippen LogP contribution in [0.5, 0.6) is 0 Å². The molecule has 0 aliphatic carbocycles. The molecule has 1 atom stereocenters. The van der Waals surface area contributed by atoms with Gasteiger partial charge in [0.2, 0.25) is 0 Å². The maximum absolute atomic E-state index is 9.53. The molecule has 98 valence electrons. The van der Waals surface area contributed by atoms with Crippen LogP contribution in [0.25, 0.3) is 0 Å². The van der Waals surface area contributed by atoms with Gasteiger partial charge in [-0.25, -0.2) is 0 Å². The maximum Gasteiger partial charge on any atom is 0.0564 e. The molecule has 1 heterocycles. The zero-order chi connectivity index (χ0) is 12.8. The quantitative estimate of drug-likeness (QED) is 0.734. The number of likely N-dealkylation sites (N-methyl/N-ethyl adjacent to an activating group) is 1. The molecule has 0 bridgehead atoms. The number of allylic oxidation sites excluding steroid dienone is 3. The highest BCUT2D eigenvalue weighted by Gasteiger charge is 2.23. The number of piperidine rings is 1. The standard InChI is InChI=1S/C14H26N2O/c1-5-6-11(2)14(15-4)12(3)16-9-7-13(17)8-10-16/h5-6,12-13,15,17H,7-10H2,1-4H3/b6-5-,14-11-. The maximum atomic E-state index is 9.53. The van der Waals surface area contributed by atoms with E-state index in [4.69, 9.17) is 0 Å². The summed E-state index contributed by atoms with van der Waals surface area (Å²) in [5, 5.41) is 12.9. The summed E-state index contributed by atoms with van der Waals surface area (Å²) < 4.78 is 0. The molecule has 0 aromatic heterocycles. The van der Waals surface area contributed by atoms with Crippen LogP contribution in [-0.4, -0.2) is 42.3 Å². The number of hydrogen-bond donors (Lipinski definition) is 2. The third-order valence-electron chi connectivity index (χ3n) is 3.58. The smallest absolute Gasteiger partial charge is 0.0564 e. The first-order chi connectivity index (χ1) is 8.10. The van der Waals surface area contributed by atoms with Crippen LogP contribution in [0, 0.1) is 0 Å². The van der Waals surface area contributed by atoms with Gasteiger partial charge in [-0.2, -0.15) is 0 Å². The molecule has 3 heteroatoms. The van der Waals surface area contributed by atoms with Crippen LogP contribution < -0.4 is 5.32 Å². The molecule has 1 unspecified atom stereocenters. The van der Waals surface area contributed by atoms with Gasteiger partial charge in [0.25, 0.3) is 0 Å². The summed E-state index contributed by atoms with van der Waals surface area (Å²) >= 11 is 0. The minimum atomic E-state index is -0.0999. The molecule has 0 saturated carbocycles. The van der Waals surface area contributed by atoms with E-state index in [1.54, 1.807) is 0 Å². The van der Waals surface area contributed by atoms with Crippen molar-refractivity contribution in [3.05, 3.63) is 23.4 Å². The van der Waals surface area contributed by atoms with Gasteiger partial charge >= 0.3 is 0 Å². The van der Waals surface area contributed by atoms with Crippen molar-refractivity contribution < 1.29 is 5.11 Å². The number of rotatable bonds is 4. The van der Waals surface area contributed by atoms with Crippen molar-refractivity contribution in [2.45, 2.75) is 45.8 Å². The van der Waals surface area contributed by atoms with E-state index < -0.39 is 0 Å². The average molecular weight is 238 g/mol. The molecular weight excluding hydrogens is 212 g/mol. The van der Waals surface area contributed by atoms with Gasteiger partial charge in [0.05, 0.1) is 6.10 Å². The van der Waals surface area contributed by atoms with Crippen LogP contribution in [-0.2, 0) is 0 Å². The number of hydrogen-bond acceptors (Lipinski definition) is 3. The topological polar surface area (TPSA) is 35.5 Å². The van der Waals surface area contributed by atoms with E-state index in [1.807, 2.05) is 14.0 Å². The first kappa shape index (κ1) is 14.3. The highest BCUT2D eigenvalue weighted by atomic mass is 16.3. The number of likely N-dealkylation sites (tertiary alicyclic amines) is 1. The summed E-state index contributed by atoms with van der Waals surface area (Å²) in [6.07, 6.45) is 5.89. The minimum absolute atomic E-state index is 0.0999. The molecule has 3 nitrogen and oxygen atoms in total. The average Bonchev–Trinajstić information content (AvgIpc) is 2.31. The second-order valence-electron chi connectivity index (χ2n) is 4.79. The molecule has 1 rings (SSSR count). The van der Waals surface area contributed by atoms with Gasteiger partial charge < -0.3 is 10.4 Å². The Kier molecular flexibility index (Phi) is 5.72. The van der Waals surface area contributed by atoms with E-state index in [9.17, 15) is 5.11 Å². The summed E-state index contributed by atoms with van der Waals surface area (Å²) in [5.41, 5.74) is 2.56. The van der Waals surface area contributed by atoms with Crippen molar-refractivity contribution in [1.29, 1.82) is 0 Å². The Morgan fingerprint density at radius 3 is 2.47 bits per heavy atom. The molecule has 0 spiro atoms. The van der Waals surface area contributed by atoms with Crippen molar-refractivity contribution in [3.8, 4) is 0 Å². The van der Waals surface area contributed by atoms with E-state index in [1.165, 1.54) is 11.3 Å². The fourth-order valence-electron chi connectivity index (χ4n) is 2.53. The van der Waals surface area contributed by atoms with Crippen molar-refractivity contribution in [2.75, 3.05) is 20.1 Å². The molecule has 1 fully saturated rings. The van der Waals surface area contributed by atoms with Gasteiger partial charge in [-0.1, -0.05) is 12.2 Å². The predicted octanol–water partition coefficient (Wildman–Crippen LogP) is 1.90. The van der Waals surface area contributed by atoms with Gasteiger partial charge in [-0.3, -0.25) is 4.90 Å². The van der Waals surface area contributed by atoms with Crippen LogP contribution >= 0.6 is 0 Å². The number of nitrogens with one attached hydrogen (secondary N) is 1. The Morgan fingerprint density at radius 1 is 1.41 bits per heavy atom. The molecule has 0 aromatic carbocycles.